The highest BCUT2D eigenvalue weighted by atomic mass is 35.5. The summed E-state index contributed by atoms with van der Waals surface area (Å²) in [5.41, 5.74) is 2.02. The van der Waals surface area contributed by atoms with Crippen LogP contribution in [0.3, 0.4) is 0 Å². The minimum absolute atomic E-state index is 0.0833. The molecule has 6 rings (SSSR count). The molecule has 0 radical (unpaired) electrons. The molecule has 1 atom stereocenters. The minimum Gasteiger partial charge on any atom is -0.496 e. The molecule has 0 bridgehead atoms. The van der Waals surface area contributed by atoms with Gasteiger partial charge in [0, 0.05) is 21.7 Å². The Morgan fingerprint density at radius 3 is 2.39 bits per heavy atom. The number of ether oxygens (including phenoxy) is 3. The molecule has 12 heteroatoms. The summed E-state index contributed by atoms with van der Waals surface area (Å²) < 4.78 is 17.8. The van der Waals surface area contributed by atoms with Crippen LogP contribution >= 0.6 is 22.9 Å². The molecule has 0 unspecified atom stereocenters. The molecule has 1 aromatic heterocycles. The minimum atomic E-state index is -1.07. The lowest BCUT2D eigenvalue weighted by Gasteiger charge is -2.27. The highest BCUT2D eigenvalue weighted by Crippen LogP contribution is 2.40. The van der Waals surface area contributed by atoms with Gasteiger partial charge in [0.1, 0.15) is 22.9 Å². The largest absolute Gasteiger partial charge is 0.496 e. The van der Waals surface area contributed by atoms with Crippen LogP contribution in [0.2, 0.25) is 5.02 Å². The molecule has 3 heterocycles. The van der Waals surface area contributed by atoms with E-state index in [1.807, 2.05) is 30.3 Å². The summed E-state index contributed by atoms with van der Waals surface area (Å²) >= 11 is 7.50. The summed E-state index contributed by atoms with van der Waals surface area (Å²) in [5.74, 6) is -1.39. The maximum Gasteiger partial charge on any atom is 0.338 e. The topological polar surface area (TPSA) is 116 Å². The van der Waals surface area contributed by atoms with E-state index in [1.54, 1.807) is 56.3 Å². The Bertz CT molecular complexity index is 2100. The smallest absolute Gasteiger partial charge is 0.338 e. The van der Waals surface area contributed by atoms with Crippen LogP contribution in [0.25, 0.3) is 11.3 Å². The summed E-state index contributed by atoms with van der Waals surface area (Å²) in [4.78, 5) is 61.3. The van der Waals surface area contributed by atoms with Crippen LogP contribution in [0.4, 0.5) is 5.69 Å². The van der Waals surface area contributed by atoms with E-state index in [-0.39, 0.29) is 40.2 Å². The number of nitrogens with zero attached hydrogens (tertiary/aromatic N) is 3. The van der Waals surface area contributed by atoms with Crippen molar-refractivity contribution >= 4 is 57.7 Å². The number of aromatic nitrogens is 1. The van der Waals surface area contributed by atoms with Crippen molar-refractivity contribution in [3.63, 3.8) is 0 Å². The van der Waals surface area contributed by atoms with Crippen molar-refractivity contribution in [2.75, 3.05) is 31.8 Å². The number of anilines is 1. The van der Waals surface area contributed by atoms with E-state index >= 15 is 0 Å². The Labute approximate surface area is 272 Å². The number of hydrogen-bond donors (Lipinski definition) is 0. The van der Waals surface area contributed by atoms with E-state index in [2.05, 4.69) is 0 Å². The van der Waals surface area contributed by atoms with E-state index < -0.39 is 29.4 Å². The number of benzene rings is 3. The fourth-order valence-electron chi connectivity index (χ4n) is 5.70. The quantitative estimate of drug-likeness (QED) is 0.264. The lowest BCUT2D eigenvalue weighted by molar-refractivity contribution is -0.142. The number of esters is 2. The summed E-state index contributed by atoms with van der Waals surface area (Å²) in [6.07, 6.45) is 0. The van der Waals surface area contributed by atoms with E-state index in [9.17, 15) is 19.2 Å². The molecule has 46 heavy (non-hydrogen) atoms. The van der Waals surface area contributed by atoms with Crippen LogP contribution in [-0.4, -0.2) is 49.3 Å². The maximum absolute atomic E-state index is 14.6. The lowest BCUT2D eigenvalue weighted by atomic mass is 9.92. The first kappa shape index (κ1) is 31.0. The van der Waals surface area contributed by atoms with Gasteiger partial charge in [0.05, 0.1) is 42.9 Å². The SMILES string of the molecule is CCOC(=O)CN1C(=O)/C(=c2\sc3n(c2=O)[C@@H](c2cc(Cl)ccc2OC)C(C(=O)OCC)=C(c2ccccc2)N=3)c2ccccc21. The van der Waals surface area contributed by atoms with Crippen molar-refractivity contribution in [2.24, 2.45) is 4.99 Å². The van der Waals surface area contributed by atoms with Gasteiger partial charge in [-0.2, -0.15) is 0 Å². The molecule has 2 aliphatic heterocycles. The van der Waals surface area contributed by atoms with Crippen molar-refractivity contribution in [3.05, 3.63) is 120 Å². The normalized spacial score (nSPS) is 16.5. The molecular formula is C34H28ClN3O7S. The molecule has 3 aromatic carbocycles. The monoisotopic (exact) mass is 657 g/mol. The van der Waals surface area contributed by atoms with Gasteiger partial charge in [0.2, 0.25) is 0 Å². The van der Waals surface area contributed by atoms with Gasteiger partial charge in [-0.05, 0) is 38.1 Å². The lowest BCUT2D eigenvalue weighted by Crippen LogP contribution is -2.41. The molecule has 1 amide bonds. The van der Waals surface area contributed by atoms with Gasteiger partial charge >= 0.3 is 11.9 Å². The summed E-state index contributed by atoms with van der Waals surface area (Å²) in [7, 11) is 1.48. The first-order valence-corrected chi connectivity index (χ1v) is 15.7. The van der Waals surface area contributed by atoms with Crippen molar-refractivity contribution < 1.29 is 28.6 Å². The average Bonchev–Trinajstić information content (AvgIpc) is 3.52. The Balaban J connectivity index is 1.69. The summed E-state index contributed by atoms with van der Waals surface area (Å²) in [6.45, 7) is 3.30. The molecular weight excluding hydrogens is 630 g/mol. The molecule has 4 aromatic rings. The number of hydrogen-bond acceptors (Lipinski definition) is 9. The van der Waals surface area contributed by atoms with Gasteiger partial charge in [0.25, 0.3) is 11.5 Å². The standard InChI is InChI=1S/C34H28ClN3O7S/c1-4-44-25(39)18-37-23-14-10-9-13-21(23)26(31(37)40)30-32(41)38-29(22-17-20(35)15-16-24(22)43-3)27(33(42)45-5-2)28(36-34(38)46-30)19-11-7-6-8-12-19/h6-17,29H,4-5,18H2,1-3H3/b30-26-/t29-/m0/s1. The van der Waals surface area contributed by atoms with Crippen molar-refractivity contribution in [2.45, 2.75) is 19.9 Å². The first-order chi connectivity index (χ1) is 22.3. The molecule has 0 spiro atoms. The van der Waals surface area contributed by atoms with Crippen LogP contribution < -0.4 is 24.5 Å². The Morgan fingerprint density at radius 1 is 0.957 bits per heavy atom. The van der Waals surface area contributed by atoms with Crippen LogP contribution in [-0.2, 0) is 23.9 Å². The number of carbonyl (C=O) groups excluding carboxylic acids is 3. The van der Waals surface area contributed by atoms with Crippen LogP contribution in [0, 0.1) is 0 Å². The van der Waals surface area contributed by atoms with Crippen LogP contribution in [0.5, 0.6) is 5.75 Å². The van der Waals surface area contributed by atoms with E-state index in [1.165, 1.54) is 16.6 Å². The second kappa shape index (κ2) is 12.8. The number of fused-ring (bicyclic) bond motifs is 2. The second-order valence-electron chi connectivity index (χ2n) is 10.2. The van der Waals surface area contributed by atoms with Crippen molar-refractivity contribution in [1.82, 2.24) is 4.57 Å². The molecule has 0 N–H and O–H groups in total. The Morgan fingerprint density at radius 2 is 1.67 bits per heavy atom. The van der Waals surface area contributed by atoms with Crippen LogP contribution in [0.1, 0.15) is 36.6 Å². The summed E-state index contributed by atoms with van der Waals surface area (Å²) in [6, 6.07) is 19.9. The van der Waals surface area contributed by atoms with Gasteiger partial charge in [0.15, 0.2) is 4.80 Å². The second-order valence-corrected chi connectivity index (χ2v) is 11.6. The Hall–Kier alpha value is -5.00. The molecule has 0 aliphatic carbocycles. The number of amides is 1. The number of carbonyl (C=O) groups is 3. The van der Waals surface area contributed by atoms with E-state index in [0.717, 1.165) is 11.3 Å². The molecule has 234 valence electrons. The van der Waals surface area contributed by atoms with Gasteiger partial charge < -0.3 is 14.2 Å². The third-order valence-electron chi connectivity index (χ3n) is 7.58. The zero-order valence-electron chi connectivity index (χ0n) is 25.1. The number of halogens is 1. The first-order valence-electron chi connectivity index (χ1n) is 14.5. The highest BCUT2D eigenvalue weighted by molar-refractivity contribution is 7.07. The van der Waals surface area contributed by atoms with E-state index in [4.69, 9.17) is 30.8 Å². The van der Waals surface area contributed by atoms with Gasteiger partial charge in [-0.25, -0.2) is 9.79 Å². The van der Waals surface area contributed by atoms with Gasteiger partial charge in [-0.3, -0.25) is 23.9 Å². The zero-order chi connectivity index (χ0) is 32.5. The molecule has 2 aliphatic rings. The number of rotatable bonds is 8. The zero-order valence-corrected chi connectivity index (χ0v) is 26.7. The maximum atomic E-state index is 14.6. The van der Waals surface area contributed by atoms with Gasteiger partial charge in [-0.1, -0.05) is 71.5 Å². The predicted molar refractivity (Wildman–Crippen MR) is 173 cm³/mol. The number of methoxy groups -OCH3 is 1. The van der Waals surface area contributed by atoms with Gasteiger partial charge in [-0.15, -0.1) is 0 Å². The fourth-order valence-corrected chi connectivity index (χ4v) is 6.97. The Kier molecular flexibility index (Phi) is 8.61. The third-order valence-corrected chi connectivity index (χ3v) is 8.87. The molecule has 10 nitrogen and oxygen atoms in total. The number of thiazole rings is 1. The fraction of sp³-hybridized carbons (Fsp3) is 0.206. The molecule has 0 fully saturated rings. The number of para-hydroxylation sites is 1. The third kappa shape index (κ3) is 5.31. The van der Waals surface area contributed by atoms with E-state index in [0.29, 0.717) is 38.8 Å². The summed E-state index contributed by atoms with van der Waals surface area (Å²) in [5, 5.41) is 0.358. The van der Waals surface area contributed by atoms with Crippen molar-refractivity contribution in [1.29, 1.82) is 0 Å². The van der Waals surface area contributed by atoms with Crippen molar-refractivity contribution in [3.8, 4) is 5.75 Å². The molecule has 0 saturated heterocycles. The predicted octanol–water partition coefficient (Wildman–Crippen LogP) is 3.88. The highest BCUT2D eigenvalue weighted by Gasteiger charge is 2.39. The molecule has 0 saturated carbocycles. The van der Waals surface area contributed by atoms with Crippen LogP contribution in [0.15, 0.2) is 88.2 Å². The average molecular weight is 658 g/mol.